The second-order valence-corrected chi connectivity index (χ2v) is 6.22. The number of nitrogens with zero attached hydrogens (tertiary/aromatic N) is 1. The maximum Gasteiger partial charge on any atom is 0.308 e. The Morgan fingerprint density at radius 1 is 1.28 bits per heavy atom. The van der Waals surface area contributed by atoms with E-state index in [-0.39, 0.29) is 18.2 Å². The van der Waals surface area contributed by atoms with Crippen molar-refractivity contribution in [2.45, 2.75) is 41.0 Å². The summed E-state index contributed by atoms with van der Waals surface area (Å²) in [6, 6.07) is 0. The molecule has 7 heteroatoms. The topological polar surface area (TPSA) is 99.7 Å². The van der Waals surface area contributed by atoms with Crippen molar-refractivity contribution in [2.24, 2.45) is 5.92 Å². The fraction of sp³-hybridized carbons (Fsp3) is 0.611. The fourth-order valence-electron chi connectivity index (χ4n) is 2.84. The molecule has 0 bridgehead atoms. The van der Waals surface area contributed by atoms with Crippen LogP contribution in [-0.2, 0) is 9.53 Å². The first kappa shape index (κ1) is 20.9. The number of aromatic amines is 1. The van der Waals surface area contributed by atoms with E-state index in [4.69, 9.17) is 9.84 Å². The average molecular weight is 352 g/mol. The molecular weight excluding hydrogens is 324 g/mol. The lowest BCUT2D eigenvalue weighted by molar-refractivity contribution is -0.141. The van der Waals surface area contributed by atoms with Crippen molar-refractivity contribution in [2.75, 3.05) is 26.3 Å². The van der Waals surface area contributed by atoms with Gasteiger partial charge >= 0.3 is 5.97 Å². The highest BCUT2D eigenvalue weighted by molar-refractivity contribution is 6.02. The number of hydrogen-bond donors (Lipinski definition) is 2. The lowest BCUT2D eigenvalue weighted by Crippen LogP contribution is -2.38. The second kappa shape index (κ2) is 9.36. The van der Waals surface area contributed by atoms with Crippen molar-refractivity contribution in [1.82, 2.24) is 9.88 Å². The van der Waals surface area contributed by atoms with E-state index in [1.54, 1.807) is 20.8 Å². The molecule has 0 aliphatic carbocycles. The summed E-state index contributed by atoms with van der Waals surface area (Å²) in [6.45, 7) is 9.99. The van der Waals surface area contributed by atoms with Gasteiger partial charge in [-0.1, -0.05) is 6.92 Å². The highest BCUT2D eigenvalue weighted by Gasteiger charge is 2.26. The van der Waals surface area contributed by atoms with Crippen molar-refractivity contribution >= 4 is 17.7 Å². The molecule has 1 amide bonds. The number of carboxylic acids is 1. The molecule has 1 aromatic heterocycles. The first-order valence-electron chi connectivity index (χ1n) is 8.50. The van der Waals surface area contributed by atoms with Gasteiger partial charge in [-0.05, 0) is 39.7 Å². The molecule has 0 aromatic carbocycles. The lowest BCUT2D eigenvalue weighted by Gasteiger charge is -2.24. The number of carbonyl (C=O) groups excluding carboxylic acids is 2. The van der Waals surface area contributed by atoms with Gasteiger partial charge < -0.3 is 19.7 Å². The van der Waals surface area contributed by atoms with Gasteiger partial charge in [0.2, 0.25) is 0 Å². The molecule has 0 spiro atoms. The third-order valence-electron chi connectivity index (χ3n) is 4.13. The molecule has 140 valence electrons. The first-order chi connectivity index (χ1) is 11.7. The van der Waals surface area contributed by atoms with E-state index in [1.807, 2.05) is 6.92 Å². The number of rotatable bonds is 10. The van der Waals surface area contributed by atoms with Crippen molar-refractivity contribution in [1.29, 1.82) is 0 Å². The van der Waals surface area contributed by atoms with E-state index >= 15 is 0 Å². The van der Waals surface area contributed by atoms with Crippen molar-refractivity contribution < 1.29 is 24.2 Å². The molecule has 1 aromatic rings. The van der Waals surface area contributed by atoms with Gasteiger partial charge in [-0.25, -0.2) is 0 Å². The van der Waals surface area contributed by atoms with Crippen molar-refractivity contribution in [3.8, 4) is 0 Å². The minimum atomic E-state index is -0.952. The number of H-pyrrole nitrogens is 1. The van der Waals surface area contributed by atoms with E-state index in [2.05, 4.69) is 4.98 Å². The van der Waals surface area contributed by atoms with E-state index in [1.165, 1.54) is 11.8 Å². The van der Waals surface area contributed by atoms with E-state index in [0.29, 0.717) is 48.7 Å². The largest absolute Gasteiger partial charge is 0.481 e. The molecule has 7 nitrogen and oxygen atoms in total. The molecular formula is C18H28N2O5. The molecule has 1 atom stereocenters. The summed E-state index contributed by atoms with van der Waals surface area (Å²) in [6.07, 6.45) is 0.615. The summed E-state index contributed by atoms with van der Waals surface area (Å²) in [5.41, 5.74) is 2.11. The van der Waals surface area contributed by atoms with Crippen LogP contribution in [0.5, 0.6) is 0 Å². The number of ether oxygens (including phenoxy) is 1. The Labute approximate surface area is 148 Å². The van der Waals surface area contributed by atoms with Gasteiger partial charge in [0.05, 0.1) is 5.92 Å². The second-order valence-electron chi connectivity index (χ2n) is 6.22. The molecule has 1 unspecified atom stereocenters. The molecule has 0 fully saturated rings. The maximum absolute atomic E-state index is 12.9. The highest BCUT2D eigenvalue weighted by atomic mass is 16.5. The summed E-state index contributed by atoms with van der Waals surface area (Å²) in [4.78, 5) is 40.4. The Balaban J connectivity index is 3.03. The normalized spacial score (nSPS) is 12.0. The number of amides is 1. The summed E-state index contributed by atoms with van der Waals surface area (Å²) in [5.74, 6) is -2.03. The van der Waals surface area contributed by atoms with Crippen LogP contribution in [0.25, 0.3) is 0 Å². The van der Waals surface area contributed by atoms with Crippen LogP contribution >= 0.6 is 0 Å². The number of hydrogen-bond acceptors (Lipinski definition) is 4. The van der Waals surface area contributed by atoms with Gasteiger partial charge in [-0.15, -0.1) is 0 Å². The quantitative estimate of drug-likeness (QED) is 0.498. The Morgan fingerprint density at radius 2 is 1.92 bits per heavy atom. The maximum atomic E-state index is 12.9. The summed E-state index contributed by atoms with van der Waals surface area (Å²) in [7, 11) is 0. The smallest absolute Gasteiger partial charge is 0.308 e. The van der Waals surface area contributed by atoms with Gasteiger partial charge in [-0.2, -0.15) is 0 Å². The Hall–Kier alpha value is -2.15. The van der Waals surface area contributed by atoms with Crippen LogP contribution in [0.15, 0.2) is 0 Å². The van der Waals surface area contributed by atoms with Gasteiger partial charge in [0.25, 0.3) is 5.91 Å². The molecule has 25 heavy (non-hydrogen) atoms. The Kier molecular flexibility index (Phi) is 7.83. The molecule has 0 radical (unpaired) electrons. The summed E-state index contributed by atoms with van der Waals surface area (Å²) >= 11 is 0. The number of nitrogens with one attached hydrogen (secondary N) is 1. The Bertz CT molecular complexity index is 636. The van der Waals surface area contributed by atoms with Crippen LogP contribution in [0.3, 0.4) is 0 Å². The molecule has 1 heterocycles. The van der Waals surface area contributed by atoms with Crippen LogP contribution in [0, 0.1) is 19.8 Å². The van der Waals surface area contributed by atoms with Crippen LogP contribution in [0.4, 0.5) is 0 Å². The standard InChI is InChI=1S/C18H28N2O5/c1-6-25-9-7-8-20(10-11(2)18(23)24)17(22)16-12(3)15(14(5)21)13(4)19-16/h11,19H,6-10H2,1-5H3,(H,23,24). The molecule has 0 saturated heterocycles. The zero-order valence-electron chi connectivity index (χ0n) is 15.6. The van der Waals surface area contributed by atoms with Crippen molar-refractivity contribution in [3.63, 3.8) is 0 Å². The number of carboxylic acid groups (broad SMARTS) is 1. The van der Waals surface area contributed by atoms with E-state index < -0.39 is 11.9 Å². The molecule has 0 saturated carbocycles. The van der Waals surface area contributed by atoms with Crippen LogP contribution in [0.2, 0.25) is 0 Å². The predicted molar refractivity (Wildman–Crippen MR) is 94.1 cm³/mol. The number of ketones is 1. The van der Waals surface area contributed by atoms with Crippen LogP contribution in [0.1, 0.15) is 59.3 Å². The van der Waals surface area contributed by atoms with E-state index in [0.717, 1.165) is 0 Å². The number of aryl methyl sites for hydroxylation is 1. The van der Waals surface area contributed by atoms with Crippen LogP contribution < -0.4 is 0 Å². The molecule has 0 aliphatic rings. The highest BCUT2D eigenvalue weighted by Crippen LogP contribution is 2.20. The molecule has 2 N–H and O–H groups in total. The third-order valence-corrected chi connectivity index (χ3v) is 4.13. The van der Waals surface area contributed by atoms with Crippen molar-refractivity contribution in [3.05, 3.63) is 22.5 Å². The minimum Gasteiger partial charge on any atom is -0.481 e. The van der Waals surface area contributed by atoms with Gasteiger partial charge in [0, 0.05) is 37.6 Å². The number of carbonyl (C=O) groups is 3. The summed E-state index contributed by atoms with van der Waals surface area (Å²) < 4.78 is 5.29. The average Bonchev–Trinajstić information content (AvgIpc) is 2.84. The van der Waals surface area contributed by atoms with Gasteiger partial charge in [-0.3, -0.25) is 14.4 Å². The zero-order chi connectivity index (χ0) is 19.1. The minimum absolute atomic E-state index is 0.104. The van der Waals surface area contributed by atoms with Crippen LogP contribution in [-0.4, -0.2) is 59.0 Å². The first-order valence-corrected chi connectivity index (χ1v) is 8.50. The molecule has 1 rings (SSSR count). The Morgan fingerprint density at radius 3 is 2.40 bits per heavy atom. The number of aromatic nitrogens is 1. The number of aliphatic carboxylic acids is 1. The van der Waals surface area contributed by atoms with Gasteiger partial charge in [0.15, 0.2) is 5.78 Å². The van der Waals surface area contributed by atoms with Gasteiger partial charge in [0.1, 0.15) is 5.69 Å². The SMILES string of the molecule is CCOCCCN(CC(C)C(=O)O)C(=O)c1[nH]c(C)c(C(C)=O)c1C. The lowest BCUT2D eigenvalue weighted by atomic mass is 10.1. The predicted octanol–water partition coefficient (Wildman–Crippen LogP) is 2.42. The summed E-state index contributed by atoms with van der Waals surface area (Å²) in [5, 5.41) is 9.15. The number of Topliss-reactive ketones (excluding diaryl/α,β-unsaturated/α-hetero) is 1. The monoisotopic (exact) mass is 352 g/mol. The fourth-order valence-corrected chi connectivity index (χ4v) is 2.84. The molecule has 0 aliphatic heterocycles. The third kappa shape index (κ3) is 5.42. The zero-order valence-corrected chi connectivity index (χ0v) is 15.6. The van der Waals surface area contributed by atoms with E-state index in [9.17, 15) is 14.4 Å².